The summed E-state index contributed by atoms with van der Waals surface area (Å²) >= 11 is 0. The number of rotatable bonds is 6. The SMILES string of the molecule is NC(CCCCB(O)O)C1CCCNCC1.O=C=O. The van der Waals surface area contributed by atoms with E-state index in [9.17, 15) is 0 Å². The lowest BCUT2D eigenvalue weighted by atomic mass is 9.82. The second kappa shape index (κ2) is 12.3. The third kappa shape index (κ3) is 10.9. The minimum absolute atomic E-state index is 0.250. The van der Waals surface area contributed by atoms with E-state index in [2.05, 4.69) is 5.32 Å². The van der Waals surface area contributed by atoms with Crippen molar-refractivity contribution in [2.45, 2.75) is 50.9 Å². The first-order valence-electron chi connectivity index (χ1n) is 6.93. The monoisotopic (exact) mass is 272 g/mol. The average molecular weight is 272 g/mol. The van der Waals surface area contributed by atoms with Crippen molar-refractivity contribution in [3.8, 4) is 0 Å². The van der Waals surface area contributed by atoms with Gasteiger partial charge in [-0.1, -0.05) is 12.8 Å². The van der Waals surface area contributed by atoms with Crippen molar-refractivity contribution in [3.05, 3.63) is 0 Å². The Labute approximate surface area is 114 Å². The molecule has 1 aliphatic heterocycles. The molecule has 0 bridgehead atoms. The molecule has 0 aliphatic carbocycles. The third-order valence-electron chi connectivity index (χ3n) is 3.48. The van der Waals surface area contributed by atoms with Crippen LogP contribution >= 0.6 is 0 Å². The summed E-state index contributed by atoms with van der Waals surface area (Å²) in [4.78, 5) is 16.2. The van der Waals surface area contributed by atoms with Gasteiger partial charge in [-0.2, -0.15) is 9.59 Å². The van der Waals surface area contributed by atoms with Gasteiger partial charge in [0.2, 0.25) is 0 Å². The van der Waals surface area contributed by atoms with Crippen LogP contribution in [0.3, 0.4) is 0 Å². The summed E-state index contributed by atoms with van der Waals surface area (Å²) in [6.07, 6.45) is 7.24. The van der Waals surface area contributed by atoms with Crippen LogP contribution in [0, 0.1) is 5.92 Å². The molecule has 19 heavy (non-hydrogen) atoms. The van der Waals surface area contributed by atoms with Crippen molar-refractivity contribution in [1.82, 2.24) is 5.32 Å². The number of hydrogen-bond acceptors (Lipinski definition) is 6. The van der Waals surface area contributed by atoms with Crippen LogP contribution in [0.25, 0.3) is 0 Å². The van der Waals surface area contributed by atoms with Gasteiger partial charge in [0.05, 0.1) is 0 Å². The molecule has 2 unspecified atom stereocenters. The maximum absolute atomic E-state index is 8.72. The van der Waals surface area contributed by atoms with Crippen LogP contribution in [0.4, 0.5) is 0 Å². The molecule has 0 aromatic rings. The zero-order valence-corrected chi connectivity index (χ0v) is 11.4. The summed E-state index contributed by atoms with van der Waals surface area (Å²) in [6, 6.07) is 0.288. The first-order chi connectivity index (χ1) is 9.11. The molecule has 0 spiro atoms. The van der Waals surface area contributed by atoms with Gasteiger partial charge in [0, 0.05) is 6.04 Å². The normalized spacial score (nSPS) is 20.5. The van der Waals surface area contributed by atoms with E-state index in [1.165, 1.54) is 19.3 Å². The maximum atomic E-state index is 8.72. The Kier molecular flexibility index (Phi) is 11.9. The van der Waals surface area contributed by atoms with Gasteiger partial charge in [-0.15, -0.1) is 0 Å². The molecule has 0 aromatic heterocycles. The Balaban J connectivity index is 0.000000982. The summed E-state index contributed by atoms with van der Waals surface area (Å²) in [5.74, 6) is 0.647. The van der Waals surface area contributed by atoms with Crippen molar-refractivity contribution in [2.24, 2.45) is 11.7 Å². The quantitative estimate of drug-likeness (QED) is 0.392. The summed E-state index contributed by atoms with van der Waals surface area (Å²) in [5.41, 5.74) is 6.18. The van der Waals surface area contributed by atoms with Crippen molar-refractivity contribution >= 4 is 13.3 Å². The fourth-order valence-electron chi connectivity index (χ4n) is 2.42. The van der Waals surface area contributed by atoms with Crippen molar-refractivity contribution < 1.29 is 19.6 Å². The molecule has 2 atom stereocenters. The largest absolute Gasteiger partial charge is 0.451 e. The zero-order chi connectivity index (χ0) is 14.5. The van der Waals surface area contributed by atoms with Crippen LogP contribution in [-0.4, -0.2) is 42.4 Å². The molecule has 1 heterocycles. The predicted octanol–water partition coefficient (Wildman–Crippen LogP) is -0.237. The molecule has 0 saturated carbocycles. The summed E-state index contributed by atoms with van der Waals surface area (Å²) in [5, 5.41) is 20.8. The average Bonchev–Trinajstić information content (AvgIpc) is 2.64. The van der Waals surface area contributed by atoms with E-state index < -0.39 is 7.12 Å². The molecule has 1 rings (SSSR count). The van der Waals surface area contributed by atoms with Crippen molar-refractivity contribution in [1.29, 1.82) is 0 Å². The minimum Gasteiger partial charge on any atom is -0.427 e. The number of nitrogens with one attached hydrogen (secondary N) is 1. The molecule has 1 aliphatic rings. The van der Waals surface area contributed by atoms with Gasteiger partial charge in [0.25, 0.3) is 0 Å². The first-order valence-corrected chi connectivity index (χ1v) is 6.93. The molecule has 0 amide bonds. The van der Waals surface area contributed by atoms with E-state index in [0.29, 0.717) is 12.2 Å². The van der Waals surface area contributed by atoms with Gasteiger partial charge in [-0.05, 0) is 51.0 Å². The van der Waals surface area contributed by atoms with Crippen molar-refractivity contribution in [3.63, 3.8) is 0 Å². The van der Waals surface area contributed by atoms with Crippen LogP contribution in [0.2, 0.25) is 6.32 Å². The highest BCUT2D eigenvalue weighted by Crippen LogP contribution is 2.20. The molecule has 5 N–H and O–H groups in total. The lowest BCUT2D eigenvalue weighted by Gasteiger charge is -2.21. The first kappa shape index (κ1) is 18.3. The van der Waals surface area contributed by atoms with Crippen LogP contribution < -0.4 is 11.1 Å². The van der Waals surface area contributed by atoms with Crippen LogP contribution in [-0.2, 0) is 9.59 Å². The number of hydrogen-bond donors (Lipinski definition) is 4. The smallest absolute Gasteiger partial charge is 0.427 e. The van der Waals surface area contributed by atoms with Gasteiger partial charge in [-0.3, -0.25) is 0 Å². The number of carbonyl (C=O) groups excluding carboxylic acids is 2. The molecule has 7 heteroatoms. The molecular formula is C12H25BN2O4. The van der Waals surface area contributed by atoms with Crippen LogP contribution in [0.15, 0.2) is 0 Å². The summed E-state index contributed by atoms with van der Waals surface area (Å²) in [7, 11) is -1.15. The molecule has 0 aromatic carbocycles. The van der Waals surface area contributed by atoms with E-state index in [4.69, 9.17) is 25.4 Å². The zero-order valence-electron chi connectivity index (χ0n) is 11.4. The molecule has 1 fully saturated rings. The van der Waals surface area contributed by atoms with E-state index >= 15 is 0 Å². The standard InChI is InChI=1S/C11H25BN2O2.CO2/c13-11(5-1-2-7-12(15)16)10-4-3-8-14-9-6-10;2-1-3/h10-11,14-16H,1-9,13H2;. The Bertz CT molecular complexity index is 240. The predicted molar refractivity (Wildman–Crippen MR) is 72.0 cm³/mol. The maximum Gasteiger partial charge on any atom is 0.451 e. The van der Waals surface area contributed by atoms with Gasteiger partial charge in [0.1, 0.15) is 0 Å². The lowest BCUT2D eigenvalue weighted by molar-refractivity contribution is -0.191. The number of unbranched alkanes of at least 4 members (excludes halogenated alkanes) is 1. The molecule has 1 saturated heterocycles. The Hall–Kier alpha value is -0.715. The van der Waals surface area contributed by atoms with E-state index in [-0.39, 0.29) is 12.2 Å². The second-order valence-corrected chi connectivity index (χ2v) is 4.95. The van der Waals surface area contributed by atoms with E-state index in [1.807, 2.05) is 0 Å². The van der Waals surface area contributed by atoms with E-state index in [1.54, 1.807) is 0 Å². The molecule has 0 radical (unpaired) electrons. The topological polar surface area (TPSA) is 113 Å². The molecule has 110 valence electrons. The summed E-state index contributed by atoms with van der Waals surface area (Å²) < 4.78 is 0. The second-order valence-electron chi connectivity index (χ2n) is 4.95. The number of nitrogens with two attached hydrogens (primary N) is 1. The van der Waals surface area contributed by atoms with Crippen LogP contribution in [0.5, 0.6) is 0 Å². The van der Waals surface area contributed by atoms with Crippen molar-refractivity contribution in [2.75, 3.05) is 13.1 Å². The Morgan fingerprint density at radius 2 is 1.95 bits per heavy atom. The van der Waals surface area contributed by atoms with Gasteiger partial charge in [-0.25, -0.2) is 0 Å². The van der Waals surface area contributed by atoms with Gasteiger partial charge < -0.3 is 21.1 Å². The third-order valence-corrected chi connectivity index (χ3v) is 3.48. The highest BCUT2D eigenvalue weighted by molar-refractivity contribution is 6.40. The molecule has 6 nitrogen and oxygen atoms in total. The Morgan fingerprint density at radius 3 is 2.58 bits per heavy atom. The highest BCUT2D eigenvalue weighted by atomic mass is 16.4. The van der Waals surface area contributed by atoms with Crippen LogP contribution in [0.1, 0.15) is 38.5 Å². The van der Waals surface area contributed by atoms with E-state index in [0.717, 1.165) is 32.4 Å². The molecular weight excluding hydrogens is 247 g/mol. The fraction of sp³-hybridized carbons (Fsp3) is 0.917. The van der Waals surface area contributed by atoms with Gasteiger partial charge >= 0.3 is 13.3 Å². The fourth-order valence-corrected chi connectivity index (χ4v) is 2.42. The minimum atomic E-state index is -1.15. The lowest BCUT2D eigenvalue weighted by Crippen LogP contribution is -2.30. The van der Waals surface area contributed by atoms with Gasteiger partial charge in [0.15, 0.2) is 0 Å². The highest BCUT2D eigenvalue weighted by Gasteiger charge is 2.19. The Morgan fingerprint density at radius 1 is 1.26 bits per heavy atom. The summed E-state index contributed by atoms with van der Waals surface area (Å²) in [6.45, 7) is 2.22.